The Labute approximate surface area is 169 Å². The molecule has 4 aromatic rings. The van der Waals surface area contributed by atoms with Crippen LogP contribution >= 0.6 is 0 Å². The second-order valence-electron chi connectivity index (χ2n) is 6.84. The predicted octanol–water partition coefficient (Wildman–Crippen LogP) is 4.75. The molecule has 4 rings (SSSR count). The Morgan fingerprint density at radius 3 is 2.45 bits per heavy atom. The molecular weight excluding hydrogens is 368 g/mol. The average Bonchev–Trinajstić information content (AvgIpc) is 3.22. The van der Waals surface area contributed by atoms with Crippen LogP contribution in [0.1, 0.15) is 0 Å². The lowest BCUT2D eigenvalue weighted by atomic mass is 9.96. The number of likely N-dealkylation sites (N-methyl/N-ethyl adjacent to an activating group) is 1. The Balaban J connectivity index is 1.88. The van der Waals surface area contributed by atoms with Crippen LogP contribution in [0.15, 0.2) is 53.3 Å². The number of benzene rings is 2. The van der Waals surface area contributed by atoms with E-state index in [4.69, 9.17) is 18.6 Å². The lowest BCUT2D eigenvalue weighted by molar-refractivity contribution is 0.206. The van der Waals surface area contributed by atoms with Crippen molar-refractivity contribution in [2.45, 2.75) is 0 Å². The van der Waals surface area contributed by atoms with E-state index < -0.39 is 0 Å². The van der Waals surface area contributed by atoms with Crippen molar-refractivity contribution in [3.8, 4) is 22.6 Å². The van der Waals surface area contributed by atoms with Gasteiger partial charge in [-0.2, -0.15) is 0 Å². The highest BCUT2D eigenvalue weighted by atomic mass is 16.5. The molecule has 29 heavy (non-hydrogen) atoms. The number of pyridine rings is 1. The quantitative estimate of drug-likeness (QED) is 0.452. The third-order valence-corrected chi connectivity index (χ3v) is 5.12. The first-order valence-corrected chi connectivity index (χ1v) is 9.38. The average molecular weight is 392 g/mol. The van der Waals surface area contributed by atoms with E-state index in [1.54, 1.807) is 27.6 Å². The molecule has 0 saturated heterocycles. The zero-order valence-electron chi connectivity index (χ0n) is 17.1. The van der Waals surface area contributed by atoms with E-state index >= 15 is 0 Å². The largest absolute Gasteiger partial charge is 0.493 e. The van der Waals surface area contributed by atoms with Gasteiger partial charge in [-0.3, -0.25) is 0 Å². The molecule has 6 nitrogen and oxygen atoms in total. The molecule has 0 amide bonds. The number of fused-ring (bicyclic) bond motifs is 2. The maximum atomic E-state index is 5.85. The van der Waals surface area contributed by atoms with Crippen molar-refractivity contribution in [2.24, 2.45) is 0 Å². The highest BCUT2D eigenvalue weighted by Crippen LogP contribution is 2.41. The zero-order chi connectivity index (χ0) is 20.4. The summed E-state index contributed by atoms with van der Waals surface area (Å²) in [6, 6.07) is 12.1. The Morgan fingerprint density at radius 2 is 1.76 bits per heavy atom. The summed E-state index contributed by atoms with van der Waals surface area (Å²) in [5.41, 5.74) is 2.79. The molecule has 6 heteroatoms. The van der Waals surface area contributed by atoms with Gasteiger partial charge in [-0.25, -0.2) is 4.98 Å². The summed E-state index contributed by atoms with van der Waals surface area (Å²) < 4.78 is 22.0. The number of anilines is 1. The van der Waals surface area contributed by atoms with Gasteiger partial charge in [-0.05, 0) is 47.2 Å². The standard InChI is InChI=1S/C23H24N2O4/c1-25(8-10-26-2)21-6-5-16(14-24-21)22-18-13-20(28-4)19(27-3)12-17(18)11-15-7-9-29-23(15)22/h5-7,9,11-14H,8,10H2,1-4H3. The van der Waals surface area contributed by atoms with E-state index in [2.05, 4.69) is 22.0 Å². The van der Waals surface area contributed by atoms with Crippen LogP contribution in [0.5, 0.6) is 11.5 Å². The molecule has 2 aromatic carbocycles. The van der Waals surface area contributed by atoms with Gasteiger partial charge < -0.3 is 23.5 Å². The van der Waals surface area contributed by atoms with Gasteiger partial charge in [0.05, 0.1) is 27.1 Å². The SMILES string of the molecule is COCCN(C)c1ccc(-c2c3cc(OC)c(OC)cc3cc3ccoc23)cn1. The molecule has 0 aliphatic heterocycles. The van der Waals surface area contributed by atoms with Crippen molar-refractivity contribution in [2.75, 3.05) is 46.4 Å². The van der Waals surface area contributed by atoms with Crippen molar-refractivity contribution >= 4 is 27.6 Å². The van der Waals surface area contributed by atoms with E-state index in [9.17, 15) is 0 Å². The van der Waals surface area contributed by atoms with Crippen LogP contribution in [-0.2, 0) is 4.74 Å². The number of hydrogen-bond acceptors (Lipinski definition) is 6. The summed E-state index contributed by atoms with van der Waals surface area (Å²) in [5.74, 6) is 2.26. The number of hydrogen-bond donors (Lipinski definition) is 0. The van der Waals surface area contributed by atoms with E-state index in [1.165, 1.54) is 0 Å². The molecule has 0 radical (unpaired) electrons. The highest BCUT2D eigenvalue weighted by Gasteiger charge is 2.16. The molecule has 2 heterocycles. The monoisotopic (exact) mass is 392 g/mol. The van der Waals surface area contributed by atoms with Crippen LogP contribution in [0.2, 0.25) is 0 Å². The molecule has 0 atom stereocenters. The molecule has 0 spiro atoms. The third kappa shape index (κ3) is 3.47. The molecule has 0 aliphatic carbocycles. The topological polar surface area (TPSA) is 57.0 Å². The molecule has 0 unspecified atom stereocenters. The fourth-order valence-corrected chi connectivity index (χ4v) is 3.55. The number of rotatable bonds is 7. The van der Waals surface area contributed by atoms with Gasteiger partial charge in [0.25, 0.3) is 0 Å². The molecule has 0 fully saturated rings. The van der Waals surface area contributed by atoms with Crippen molar-refractivity contribution in [1.82, 2.24) is 4.98 Å². The molecule has 0 N–H and O–H groups in total. The van der Waals surface area contributed by atoms with Crippen molar-refractivity contribution in [1.29, 1.82) is 0 Å². The first-order chi connectivity index (χ1) is 14.2. The lowest BCUT2D eigenvalue weighted by Crippen LogP contribution is -2.22. The summed E-state index contributed by atoms with van der Waals surface area (Å²) in [5, 5.41) is 3.10. The number of ether oxygens (including phenoxy) is 3. The first kappa shape index (κ1) is 19.1. The van der Waals surface area contributed by atoms with Gasteiger partial charge in [0.15, 0.2) is 11.5 Å². The maximum absolute atomic E-state index is 5.85. The highest BCUT2D eigenvalue weighted by molar-refractivity contribution is 6.11. The summed E-state index contributed by atoms with van der Waals surface area (Å²) in [7, 11) is 6.98. The Morgan fingerprint density at radius 1 is 0.966 bits per heavy atom. The van der Waals surface area contributed by atoms with E-state index in [1.807, 2.05) is 37.5 Å². The molecule has 0 saturated carbocycles. The van der Waals surface area contributed by atoms with E-state index in [0.717, 1.165) is 45.2 Å². The van der Waals surface area contributed by atoms with Gasteiger partial charge >= 0.3 is 0 Å². The van der Waals surface area contributed by atoms with Crippen LogP contribution in [0.25, 0.3) is 32.9 Å². The molecule has 0 aliphatic rings. The molecule has 0 bridgehead atoms. The van der Waals surface area contributed by atoms with E-state index in [0.29, 0.717) is 18.1 Å². The molecule has 2 aromatic heterocycles. The van der Waals surface area contributed by atoms with Crippen LogP contribution in [0.4, 0.5) is 5.82 Å². The molecular formula is C23H24N2O4. The van der Waals surface area contributed by atoms with Gasteiger partial charge in [0.1, 0.15) is 11.4 Å². The second-order valence-corrected chi connectivity index (χ2v) is 6.84. The summed E-state index contributed by atoms with van der Waals surface area (Å²) in [6.07, 6.45) is 3.59. The summed E-state index contributed by atoms with van der Waals surface area (Å²) >= 11 is 0. The van der Waals surface area contributed by atoms with Crippen molar-refractivity contribution in [3.05, 3.63) is 48.9 Å². The van der Waals surface area contributed by atoms with E-state index in [-0.39, 0.29) is 0 Å². The Bertz CT molecular complexity index is 1140. The normalized spacial score (nSPS) is 11.2. The fourth-order valence-electron chi connectivity index (χ4n) is 3.55. The summed E-state index contributed by atoms with van der Waals surface area (Å²) in [6.45, 7) is 1.43. The maximum Gasteiger partial charge on any atom is 0.161 e. The second kappa shape index (κ2) is 8.01. The first-order valence-electron chi connectivity index (χ1n) is 9.38. The van der Waals surface area contributed by atoms with Crippen LogP contribution in [0.3, 0.4) is 0 Å². The van der Waals surface area contributed by atoms with Gasteiger partial charge in [-0.1, -0.05) is 0 Å². The van der Waals surface area contributed by atoms with Crippen molar-refractivity contribution in [3.63, 3.8) is 0 Å². The van der Waals surface area contributed by atoms with Crippen LogP contribution in [0, 0.1) is 0 Å². The summed E-state index contributed by atoms with van der Waals surface area (Å²) in [4.78, 5) is 6.72. The van der Waals surface area contributed by atoms with Gasteiger partial charge in [0, 0.05) is 43.4 Å². The zero-order valence-corrected chi connectivity index (χ0v) is 17.1. The number of nitrogens with zero attached hydrogens (tertiary/aromatic N) is 2. The minimum Gasteiger partial charge on any atom is -0.493 e. The Hall–Kier alpha value is -3.25. The lowest BCUT2D eigenvalue weighted by Gasteiger charge is -2.18. The van der Waals surface area contributed by atoms with Crippen molar-refractivity contribution < 1.29 is 18.6 Å². The number of furan rings is 1. The minimum absolute atomic E-state index is 0.651. The Kier molecular flexibility index (Phi) is 5.27. The number of aromatic nitrogens is 1. The van der Waals surface area contributed by atoms with Gasteiger partial charge in [-0.15, -0.1) is 0 Å². The predicted molar refractivity (Wildman–Crippen MR) is 115 cm³/mol. The van der Waals surface area contributed by atoms with Crippen LogP contribution in [-0.4, -0.2) is 46.5 Å². The minimum atomic E-state index is 0.651. The fraction of sp³-hybridized carbons (Fsp3) is 0.261. The third-order valence-electron chi connectivity index (χ3n) is 5.12. The smallest absolute Gasteiger partial charge is 0.161 e. The molecule has 150 valence electrons. The number of methoxy groups -OCH3 is 3. The van der Waals surface area contributed by atoms with Gasteiger partial charge in [0.2, 0.25) is 0 Å². The van der Waals surface area contributed by atoms with Crippen LogP contribution < -0.4 is 14.4 Å².